The van der Waals surface area contributed by atoms with Crippen molar-refractivity contribution in [3.8, 4) is 0 Å². The predicted octanol–water partition coefficient (Wildman–Crippen LogP) is 0.978. The first-order valence-electron chi connectivity index (χ1n) is 8.45. The van der Waals surface area contributed by atoms with E-state index < -0.39 is 10.0 Å². The van der Waals surface area contributed by atoms with Gasteiger partial charge in [-0.1, -0.05) is 13.8 Å². The Hall–Kier alpha value is -2.33. The van der Waals surface area contributed by atoms with E-state index in [1.54, 1.807) is 16.4 Å². The van der Waals surface area contributed by atoms with Crippen LogP contribution < -0.4 is 5.32 Å². The van der Waals surface area contributed by atoms with Crippen molar-refractivity contribution in [1.82, 2.24) is 24.5 Å². The third-order valence-electron chi connectivity index (χ3n) is 4.31. The van der Waals surface area contributed by atoms with Gasteiger partial charge < -0.3 is 5.32 Å². The van der Waals surface area contributed by atoms with Gasteiger partial charge in [-0.3, -0.25) is 4.79 Å². The maximum absolute atomic E-state index is 12.8. The Kier molecular flexibility index (Phi) is 5.33. The van der Waals surface area contributed by atoms with E-state index in [2.05, 4.69) is 34.7 Å². The molecule has 2 aromatic rings. The van der Waals surface area contributed by atoms with Crippen molar-refractivity contribution in [2.45, 2.75) is 31.7 Å². The van der Waals surface area contributed by atoms with E-state index in [4.69, 9.17) is 0 Å². The molecule has 1 N–H and O–H groups in total. The van der Waals surface area contributed by atoms with Gasteiger partial charge in [0.2, 0.25) is 15.9 Å². The molecular weight excluding hydrogens is 356 g/mol. The molecular formula is C16H22N6O3S. The van der Waals surface area contributed by atoms with Crippen LogP contribution in [0.25, 0.3) is 0 Å². The summed E-state index contributed by atoms with van der Waals surface area (Å²) in [4.78, 5) is 12.2. The molecule has 1 aromatic heterocycles. The van der Waals surface area contributed by atoms with Crippen LogP contribution in [0.2, 0.25) is 0 Å². The highest BCUT2D eigenvalue weighted by atomic mass is 32.2. The van der Waals surface area contributed by atoms with Gasteiger partial charge in [0.1, 0.15) is 12.9 Å². The first-order valence-corrected chi connectivity index (χ1v) is 9.89. The summed E-state index contributed by atoms with van der Waals surface area (Å²) in [6.07, 6.45) is 2.38. The minimum atomic E-state index is -3.52. The number of hydrogen-bond donors (Lipinski definition) is 1. The Balaban J connectivity index is 1.67. The fourth-order valence-corrected chi connectivity index (χ4v) is 4.94. The molecule has 10 heteroatoms. The largest absolute Gasteiger partial charge is 0.324 e. The first kappa shape index (κ1) is 18.5. The van der Waals surface area contributed by atoms with Crippen molar-refractivity contribution in [3.05, 3.63) is 30.6 Å². The van der Waals surface area contributed by atoms with E-state index in [0.29, 0.717) is 30.6 Å². The number of carbonyl (C=O) groups excluding carboxylic acids is 1. The molecule has 26 heavy (non-hydrogen) atoms. The topological polar surface area (TPSA) is 110 Å². The minimum Gasteiger partial charge on any atom is -0.324 e. The number of nitrogens with zero attached hydrogens (tertiary/aromatic N) is 5. The molecule has 1 aliphatic heterocycles. The number of tetrazole rings is 1. The fraction of sp³-hybridized carbons (Fsp3) is 0.500. The molecule has 1 aliphatic rings. The monoisotopic (exact) mass is 378 g/mol. The van der Waals surface area contributed by atoms with Crippen LogP contribution in [0, 0.1) is 11.8 Å². The van der Waals surface area contributed by atoms with Crippen molar-refractivity contribution in [1.29, 1.82) is 0 Å². The van der Waals surface area contributed by atoms with Crippen LogP contribution in [0.4, 0.5) is 5.69 Å². The van der Waals surface area contributed by atoms with Crippen LogP contribution in [0.3, 0.4) is 0 Å². The maximum Gasteiger partial charge on any atom is 0.246 e. The number of rotatable bonds is 5. The zero-order chi connectivity index (χ0) is 18.7. The lowest BCUT2D eigenvalue weighted by molar-refractivity contribution is -0.116. The van der Waals surface area contributed by atoms with Crippen LogP contribution in [0.15, 0.2) is 35.5 Å². The molecule has 0 bridgehead atoms. The van der Waals surface area contributed by atoms with Gasteiger partial charge in [-0.25, -0.2) is 13.1 Å². The summed E-state index contributed by atoms with van der Waals surface area (Å²) >= 11 is 0. The number of aromatic nitrogens is 4. The second kappa shape index (κ2) is 7.50. The Morgan fingerprint density at radius 1 is 1.19 bits per heavy atom. The summed E-state index contributed by atoms with van der Waals surface area (Å²) in [6.45, 7) is 5.20. The molecule has 3 rings (SSSR count). The molecule has 1 saturated heterocycles. The molecule has 0 unspecified atom stereocenters. The van der Waals surface area contributed by atoms with E-state index >= 15 is 0 Å². The van der Waals surface area contributed by atoms with Crippen molar-refractivity contribution >= 4 is 21.6 Å². The lowest BCUT2D eigenvalue weighted by Crippen LogP contribution is -2.42. The Labute approximate surface area is 152 Å². The maximum atomic E-state index is 12.8. The second-order valence-electron chi connectivity index (χ2n) is 6.85. The number of carbonyl (C=O) groups is 1. The summed E-state index contributed by atoms with van der Waals surface area (Å²) in [7, 11) is -3.52. The standard InChI is InChI=1S/C16H22N6O3S/c1-12-7-13(2)9-22(8-12)26(24,25)15-5-3-14(4-6-15)18-16(23)10-21-11-17-19-20-21/h3-6,11-13H,7-10H2,1-2H3,(H,18,23)/t12-,13+. The van der Waals surface area contributed by atoms with Gasteiger partial charge in [0.05, 0.1) is 4.90 Å². The van der Waals surface area contributed by atoms with Crippen molar-refractivity contribution in [2.24, 2.45) is 11.8 Å². The van der Waals surface area contributed by atoms with E-state index in [1.807, 2.05) is 0 Å². The number of piperidine rings is 1. The molecule has 2 atom stereocenters. The highest BCUT2D eigenvalue weighted by Gasteiger charge is 2.31. The van der Waals surface area contributed by atoms with Gasteiger partial charge in [0.25, 0.3) is 0 Å². The lowest BCUT2D eigenvalue weighted by Gasteiger charge is -2.34. The quantitative estimate of drug-likeness (QED) is 0.830. The van der Waals surface area contributed by atoms with E-state index in [9.17, 15) is 13.2 Å². The molecule has 9 nitrogen and oxygen atoms in total. The molecule has 1 amide bonds. The van der Waals surface area contributed by atoms with E-state index in [-0.39, 0.29) is 17.3 Å². The average Bonchev–Trinajstić information content (AvgIpc) is 3.07. The Morgan fingerprint density at radius 3 is 2.42 bits per heavy atom. The van der Waals surface area contributed by atoms with Gasteiger partial charge in [-0.2, -0.15) is 4.31 Å². The zero-order valence-electron chi connectivity index (χ0n) is 14.7. The van der Waals surface area contributed by atoms with E-state index in [0.717, 1.165) is 6.42 Å². The molecule has 140 valence electrons. The molecule has 1 fully saturated rings. The average molecular weight is 378 g/mol. The van der Waals surface area contributed by atoms with Crippen molar-refractivity contribution in [2.75, 3.05) is 18.4 Å². The number of amides is 1. The molecule has 2 heterocycles. The number of nitrogens with one attached hydrogen (secondary N) is 1. The van der Waals surface area contributed by atoms with Crippen LogP contribution >= 0.6 is 0 Å². The third-order valence-corrected chi connectivity index (χ3v) is 6.15. The summed E-state index contributed by atoms with van der Waals surface area (Å²) < 4.78 is 28.5. The highest BCUT2D eigenvalue weighted by molar-refractivity contribution is 7.89. The fourth-order valence-electron chi connectivity index (χ4n) is 3.26. The van der Waals surface area contributed by atoms with Crippen LogP contribution in [0.1, 0.15) is 20.3 Å². The van der Waals surface area contributed by atoms with Gasteiger partial charge in [0.15, 0.2) is 0 Å². The molecule has 0 radical (unpaired) electrons. The van der Waals surface area contributed by atoms with Gasteiger partial charge >= 0.3 is 0 Å². The van der Waals surface area contributed by atoms with E-state index in [1.165, 1.54) is 23.1 Å². The number of sulfonamides is 1. The number of hydrogen-bond acceptors (Lipinski definition) is 6. The third kappa shape index (κ3) is 4.25. The minimum absolute atomic E-state index is 0.0173. The molecule has 1 aromatic carbocycles. The number of anilines is 1. The number of benzene rings is 1. The highest BCUT2D eigenvalue weighted by Crippen LogP contribution is 2.27. The summed E-state index contributed by atoms with van der Waals surface area (Å²) in [5.74, 6) is 0.392. The smallest absolute Gasteiger partial charge is 0.246 e. The summed E-state index contributed by atoms with van der Waals surface area (Å²) in [6, 6.07) is 6.21. The normalized spacial score (nSPS) is 21.5. The van der Waals surface area contributed by atoms with Gasteiger partial charge in [-0.15, -0.1) is 5.10 Å². The van der Waals surface area contributed by atoms with Crippen LogP contribution in [-0.4, -0.2) is 51.9 Å². The Morgan fingerprint density at radius 2 is 1.85 bits per heavy atom. The lowest BCUT2D eigenvalue weighted by atomic mass is 9.94. The molecule has 0 aliphatic carbocycles. The van der Waals surface area contributed by atoms with Crippen molar-refractivity contribution < 1.29 is 13.2 Å². The van der Waals surface area contributed by atoms with Crippen molar-refractivity contribution in [3.63, 3.8) is 0 Å². The zero-order valence-corrected chi connectivity index (χ0v) is 15.6. The molecule has 0 saturated carbocycles. The molecule has 0 spiro atoms. The van der Waals surface area contributed by atoms with Crippen LogP contribution in [0.5, 0.6) is 0 Å². The van der Waals surface area contributed by atoms with Gasteiger partial charge in [0, 0.05) is 18.8 Å². The Bertz CT molecular complexity index is 841. The summed E-state index contributed by atoms with van der Waals surface area (Å²) in [5.41, 5.74) is 0.516. The second-order valence-corrected chi connectivity index (χ2v) is 8.79. The summed E-state index contributed by atoms with van der Waals surface area (Å²) in [5, 5.41) is 13.2. The predicted molar refractivity (Wildman–Crippen MR) is 94.6 cm³/mol. The van der Waals surface area contributed by atoms with Gasteiger partial charge in [-0.05, 0) is 52.9 Å². The van der Waals surface area contributed by atoms with Crippen LogP contribution in [-0.2, 0) is 21.4 Å². The first-order chi connectivity index (χ1) is 12.3. The SMILES string of the molecule is C[C@@H]1C[C@H](C)CN(S(=O)(=O)c2ccc(NC(=O)Cn3cnnn3)cc2)C1.